The Morgan fingerprint density at radius 3 is 2.35 bits per heavy atom. The number of rotatable bonds is 4. The Bertz CT molecular complexity index is 826. The van der Waals surface area contributed by atoms with Crippen molar-refractivity contribution in [3.63, 3.8) is 0 Å². The molecule has 0 N–H and O–H groups in total. The zero-order chi connectivity index (χ0) is 18.8. The maximum Gasteiger partial charge on any atom is 0.312 e. The highest BCUT2D eigenvalue weighted by Crippen LogP contribution is 2.22. The van der Waals surface area contributed by atoms with Crippen LogP contribution in [0.3, 0.4) is 0 Å². The molecule has 0 aliphatic carbocycles. The van der Waals surface area contributed by atoms with Crippen LogP contribution in [-0.2, 0) is 11.3 Å². The average Bonchev–Trinajstić information content (AvgIpc) is 2.89. The molecule has 1 aromatic carbocycles. The van der Waals surface area contributed by atoms with E-state index in [-0.39, 0.29) is 18.1 Å². The molecule has 9 heteroatoms. The highest BCUT2D eigenvalue weighted by atomic mass is 35.5. The zero-order valence-corrected chi connectivity index (χ0v) is 15.4. The van der Waals surface area contributed by atoms with Crippen LogP contribution in [0.15, 0.2) is 24.3 Å². The summed E-state index contributed by atoms with van der Waals surface area (Å²) < 4.78 is 1.42. The molecular weight excluding hydrogens is 358 g/mol. The van der Waals surface area contributed by atoms with Gasteiger partial charge in [0, 0.05) is 36.9 Å². The second-order valence-electron chi connectivity index (χ2n) is 6.28. The Hall–Kier alpha value is -2.61. The molecule has 26 heavy (non-hydrogen) atoms. The first kappa shape index (κ1) is 18.2. The fraction of sp³-hybridized carbons (Fsp3) is 0.412. The Morgan fingerprint density at radius 2 is 1.81 bits per heavy atom. The van der Waals surface area contributed by atoms with Crippen LogP contribution >= 0.6 is 11.6 Å². The van der Waals surface area contributed by atoms with Gasteiger partial charge in [0.25, 0.3) is 0 Å². The van der Waals surface area contributed by atoms with Crippen molar-refractivity contribution in [2.24, 2.45) is 0 Å². The molecule has 1 aromatic heterocycles. The number of aromatic nitrogens is 2. The summed E-state index contributed by atoms with van der Waals surface area (Å²) in [6.45, 7) is 5.86. The third kappa shape index (κ3) is 3.65. The van der Waals surface area contributed by atoms with Crippen LogP contribution in [0.4, 0.5) is 11.4 Å². The molecule has 0 radical (unpaired) electrons. The summed E-state index contributed by atoms with van der Waals surface area (Å²) in [5.74, 6) is -0.0822. The van der Waals surface area contributed by atoms with E-state index in [0.29, 0.717) is 29.5 Å². The van der Waals surface area contributed by atoms with E-state index in [1.807, 2.05) is 24.3 Å². The lowest BCUT2D eigenvalue weighted by molar-refractivity contribution is -0.386. The molecular formula is C17H20ClN5O3. The SMILES string of the molecule is Cc1nn(CC(=O)N2CCN(c3ccc(Cl)cc3)CC2)c(C)c1[N+](=O)[O-]. The van der Waals surface area contributed by atoms with Crippen LogP contribution in [-0.4, -0.2) is 51.7 Å². The van der Waals surface area contributed by atoms with E-state index in [0.717, 1.165) is 18.8 Å². The van der Waals surface area contributed by atoms with E-state index >= 15 is 0 Å². The number of nitrogens with zero attached hydrogens (tertiary/aromatic N) is 5. The number of benzene rings is 1. The summed E-state index contributed by atoms with van der Waals surface area (Å²) in [5, 5.41) is 15.9. The molecule has 0 saturated carbocycles. The van der Waals surface area contributed by atoms with Gasteiger partial charge in [0.15, 0.2) is 0 Å². The van der Waals surface area contributed by atoms with E-state index in [1.54, 1.807) is 18.7 Å². The minimum atomic E-state index is -0.455. The summed E-state index contributed by atoms with van der Waals surface area (Å²) in [6, 6.07) is 7.64. The van der Waals surface area contributed by atoms with Gasteiger partial charge in [-0.25, -0.2) is 0 Å². The van der Waals surface area contributed by atoms with Crippen LogP contribution in [0.2, 0.25) is 5.02 Å². The normalized spacial score (nSPS) is 14.6. The number of nitro groups is 1. The number of carbonyl (C=O) groups is 1. The van der Waals surface area contributed by atoms with Crippen LogP contribution in [0.25, 0.3) is 0 Å². The van der Waals surface area contributed by atoms with Gasteiger partial charge in [-0.1, -0.05) is 11.6 Å². The van der Waals surface area contributed by atoms with E-state index in [1.165, 1.54) is 4.68 Å². The maximum absolute atomic E-state index is 12.6. The van der Waals surface area contributed by atoms with Gasteiger partial charge in [0.05, 0.1) is 4.92 Å². The predicted molar refractivity (Wildman–Crippen MR) is 98.6 cm³/mol. The molecule has 1 aliphatic rings. The molecule has 8 nitrogen and oxygen atoms in total. The van der Waals surface area contributed by atoms with Gasteiger partial charge in [-0.05, 0) is 38.1 Å². The highest BCUT2D eigenvalue weighted by Gasteiger charge is 2.26. The molecule has 0 spiro atoms. The molecule has 0 unspecified atom stereocenters. The number of hydrogen-bond donors (Lipinski definition) is 0. The predicted octanol–water partition coefficient (Wildman–Crippen LogP) is 2.41. The number of hydrogen-bond acceptors (Lipinski definition) is 5. The first-order valence-corrected chi connectivity index (χ1v) is 8.71. The molecule has 0 atom stereocenters. The molecule has 1 amide bonds. The quantitative estimate of drug-likeness (QED) is 0.603. The minimum absolute atomic E-state index is 0.0153. The van der Waals surface area contributed by atoms with Gasteiger partial charge >= 0.3 is 5.69 Å². The van der Waals surface area contributed by atoms with E-state index in [2.05, 4.69) is 10.00 Å². The van der Waals surface area contributed by atoms with Crippen LogP contribution in [0, 0.1) is 24.0 Å². The fourth-order valence-electron chi connectivity index (χ4n) is 3.20. The maximum atomic E-state index is 12.6. The second kappa shape index (κ2) is 7.33. The summed E-state index contributed by atoms with van der Waals surface area (Å²) in [7, 11) is 0. The monoisotopic (exact) mass is 377 g/mol. The molecule has 1 fully saturated rings. The first-order valence-electron chi connectivity index (χ1n) is 8.33. The van der Waals surface area contributed by atoms with Crippen molar-refractivity contribution in [1.29, 1.82) is 0 Å². The Labute approximate surface area is 156 Å². The Morgan fingerprint density at radius 1 is 1.19 bits per heavy atom. The summed E-state index contributed by atoms with van der Waals surface area (Å²) >= 11 is 5.92. The fourth-order valence-corrected chi connectivity index (χ4v) is 3.33. The number of halogens is 1. The van der Waals surface area contributed by atoms with Gasteiger partial charge in [0.2, 0.25) is 5.91 Å². The summed E-state index contributed by atoms with van der Waals surface area (Å²) in [4.78, 5) is 27.2. The third-order valence-corrected chi connectivity index (χ3v) is 4.89. The van der Waals surface area contributed by atoms with Gasteiger partial charge < -0.3 is 9.80 Å². The third-order valence-electron chi connectivity index (χ3n) is 4.64. The molecule has 138 valence electrons. The van der Waals surface area contributed by atoms with Gasteiger partial charge in [-0.3, -0.25) is 19.6 Å². The van der Waals surface area contributed by atoms with E-state index in [9.17, 15) is 14.9 Å². The van der Waals surface area contributed by atoms with Crippen molar-refractivity contribution in [2.75, 3.05) is 31.1 Å². The van der Waals surface area contributed by atoms with Crippen molar-refractivity contribution in [3.8, 4) is 0 Å². The lowest BCUT2D eigenvalue weighted by atomic mass is 10.2. The Balaban J connectivity index is 1.61. The zero-order valence-electron chi connectivity index (χ0n) is 14.7. The van der Waals surface area contributed by atoms with Crippen LogP contribution in [0.1, 0.15) is 11.4 Å². The van der Waals surface area contributed by atoms with Crippen molar-refractivity contribution < 1.29 is 9.72 Å². The lowest BCUT2D eigenvalue weighted by Gasteiger charge is -2.36. The number of piperazine rings is 1. The number of carbonyl (C=O) groups excluding carboxylic acids is 1. The summed E-state index contributed by atoms with van der Waals surface area (Å²) in [5.41, 5.74) is 1.79. The molecule has 2 aromatic rings. The smallest absolute Gasteiger partial charge is 0.312 e. The van der Waals surface area contributed by atoms with Gasteiger partial charge in [-0.2, -0.15) is 5.10 Å². The average molecular weight is 378 g/mol. The minimum Gasteiger partial charge on any atom is -0.368 e. The number of amides is 1. The second-order valence-corrected chi connectivity index (χ2v) is 6.71. The summed E-state index contributed by atoms with van der Waals surface area (Å²) in [6.07, 6.45) is 0. The topological polar surface area (TPSA) is 84.5 Å². The number of aryl methyl sites for hydroxylation is 1. The van der Waals surface area contributed by atoms with Crippen LogP contribution < -0.4 is 4.90 Å². The van der Waals surface area contributed by atoms with Crippen molar-refractivity contribution in [2.45, 2.75) is 20.4 Å². The number of anilines is 1. The van der Waals surface area contributed by atoms with Crippen molar-refractivity contribution >= 4 is 28.9 Å². The Kier molecular flexibility index (Phi) is 5.13. The van der Waals surface area contributed by atoms with Crippen molar-refractivity contribution in [3.05, 3.63) is 50.8 Å². The van der Waals surface area contributed by atoms with E-state index in [4.69, 9.17) is 11.6 Å². The van der Waals surface area contributed by atoms with Crippen LogP contribution in [0.5, 0.6) is 0 Å². The highest BCUT2D eigenvalue weighted by molar-refractivity contribution is 6.30. The molecule has 2 heterocycles. The first-order chi connectivity index (χ1) is 12.4. The van der Waals surface area contributed by atoms with Gasteiger partial charge in [0.1, 0.15) is 17.9 Å². The lowest BCUT2D eigenvalue weighted by Crippen LogP contribution is -2.49. The van der Waals surface area contributed by atoms with Gasteiger partial charge in [-0.15, -0.1) is 0 Å². The van der Waals surface area contributed by atoms with Crippen molar-refractivity contribution in [1.82, 2.24) is 14.7 Å². The molecule has 1 aliphatic heterocycles. The largest absolute Gasteiger partial charge is 0.368 e. The standard InChI is InChI=1S/C17H20ClN5O3/c1-12-17(23(25)26)13(2)22(19-12)11-16(24)21-9-7-20(8-10-21)15-5-3-14(18)4-6-15/h3-6H,7-11H2,1-2H3. The molecule has 0 bridgehead atoms. The molecule has 3 rings (SSSR count). The molecule has 1 saturated heterocycles. The van der Waals surface area contributed by atoms with E-state index < -0.39 is 4.92 Å².